The number of sulfonamides is 1. The van der Waals surface area contributed by atoms with Gasteiger partial charge < -0.3 is 0 Å². The molecule has 0 spiro atoms. The van der Waals surface area contributed by atoms with Crippen LogP contribution in [0, 0.1) is 10.1 Å². The number of primary sulfonamides is 1. The zero-order valence-electron chi connectivity index (χ0n) is 6.55. The molecule has 1 aromatic heterocycles. The molecule has 1 rings (SSSR count). The minimum absolute atomic E-state index is 0.172. The third-order valence-corrected chi connectivity index (χ3v) is 2.69. The number of pyridine rings is 1. The summed E-state index contributed by atoms with van der Waals surface area (Å²) in [5.74, 6) is 0. The van der Waals surface area contributed by atoms with E-state index in [0.29, 0.717) is 0 Å². The van der Waals surface area contributed by atoms with Gasteiger partial charge in [0.15, 0.2) is 9.63 Å². The van der Waals surface area contributed by atoms with Gasteiger partial charge in [-0.25, -0.2) is 18.5 Å². The summed E-state index contributed by atoms with van der Waals surface area (Å²) in [7, 11) is -3.93. The number of rotatable bonds is 2. The lowest BCUT2D eigenvalue weighted by molar-refractivity contribution is -0.386. The molecule has 7 nitrogen and oxygen atoms in total. The molecular weight excluding hydrogens is 278 g/mol. The van der Waals surface area contributed by atoms with E-state index >= 15 is 0 Å². The molecule has 0 aromatic carbocycles. The van der Waals surface area contributed by atoms with Crippen LogP contribution in [0.4, 0.5) is 5.69 Å². The molecule has 0 fully saturated rings. The second-order valence-electron chi connectivity index (χ2n) is 2.26. The molecule has 0 saturated heterocycles. The molecule has 0 aliphatic rings. The highest BCUT2D eigenvalue weighted by Gasteiger charge is 2.17. The van der Waals surface area contributed by atoms with Crippen LogP contribution in [-0.2, 0) is 10.0 Å². The van der Waals surface area contributed by atoms with Gasteiger partial charge in [0.1, 0.15) is 0 Å². The predicted molar refractivity (Wildman–Crippen MR) is 50.0 cm³/mol. The Balaban J connectivity index is 3.34. The highest BCUT2D eigenvalue weighted by molar-refractivity contribution is 9.10. The smallest absolute Gasteiger partial charge is 0.258 e. The number of aromatic nitrogens is 1. The Morgan fingerprint density at radius 3 is 2.43 bits per heavy atom. The standard InChI is InChI=1S/C5H4BrN3O4S/c6-5-3(9(10)11)1-2-4(8-5)14(7,12)13/h1-2H,(H2,7,12,13). The minimum atomic E-state index is -3.93. The molecule has 0 aliphatic heterocycles. The Morgan fingerprint density at radius 2 is 2.07 bits per heavy atom. The predicted octanol–water partition coefficient (Wildman–Crippen LogP) is 0.400. The monoisotopic (exact) mass is 281 g/mol. The average molecular weight is 282 g/mol. The van der Waals surface area contributed by atoms with Crippen molar-refractivity contribution in [2.24, 2.45) is 5.14 Å². The van der Waals surface area contributed by atoms with Gasteiger partial charge in [-0.1, -0.05) is 0 Å². The molecule has 0 aliphatic carbocycles. The fourth-order valence-electron chi connectivity index (χ4n) is 0.705. The van der Waals surface area contributed by atoms with Crippen LogP contribution in [0.2, 0.25) is 0 Å². The van der Waals surface area contributed by atoms with Crippen molar-refractivity contribution in [3.8, 4) is 0 Å². The molecule has 0 saturated carbocycles. The van der Waals surface area contributed by atoms with E-state index in [-0.39, 0.29) is 10.3 Å². The zero-order valence-corrected chi connectivity index (χ0v) is 8.95. The minimum Gasteiger partial charge on any atom is -0.258 e. The topological polar surface area (TPSA) is 116 Å². The summed E-state index contributed by atoms with van der Waals surface area (Å²) < 4.78 is 21.4. The summed E-state index contributed by atoms with van der Waals surface area (Å²) in [4.78, 5) is 13.1. The van der Waals surface area contributed by atoms with Gasteiger partial charge in [0, 0.05) is 6.07 Å². The van der Waals surface area contributed by atoms with Gasteiger partial charge in [-0.05, 0) is 22.0 Å². The molecule has 9 heteroatoms. The zero-order chi connectivity index (χ0) is 10.9. The molecule has 1 aromatic rings. The summed E-state index contributed by atoms with van der Waals surface area (Å²) >= 11 is 2.77. The second kappa shape index (κ2) is 3.59. The van der Waals surface area contributed by atoms with Crippen molar-refractivity contribution >= 4 is 31.6 Å². The summed E-state index contributed by atoms with van der Waals surface area (Å²) in [5.41, 5.74) is -0.322. The average Bonchev–Trinajstić information content (AvgIpc) is 2.01. The molecular formula is C5H4BrN3O4S. The molecule has 0 radical (unpaired) electrons. The first-order valence-electron chi connectivity index (χ1n) is 3.16. The van der Waals surface area contributed by atoms with Crippen LogP contribution < -0.4 is 5.14 Å². The first kappa shape index (κ1) is 11.0. The Morgan fingerprint density at radius 1 is 1.50 bits per heavy atom. The Labute approximate surface area is 87.3 Å². The van der Waals surface area contributed by atoms with E-state index in [1.807, 2.05) is 0 Å². The van der Waals surface area contributed by atoms with Gasteiger partial charge in [0.25, 0.3) is 10.0 Å². The maximum Gasteiger partial charge on any atom is 0.302 e. The number of hydrogen-bond acceptors (Lipinski definition) is 5. The van der Waals surface area contributed by atoms with Crippen molar-refractivity contribution in [3.05, 3.63) is 26.9 Å². The Kier molecular flexibility index (Phi) is 2.83. The normalized spacial score (nSPS) is 11.3. The maximum atomic E-state index is 10.8. The van der Waals surface area contributed by atoms with Crippen LogP contribution in [0.15, 0.2) is 21.8 Å². The fraction of sp³-hybridized carbons (Fsp3) is 0. The lowest BCUT2D eigenvalue weighted by Gasteiger charge is -1.98. The lowest BCUT2D eigenvalue weighted by Crippen LogP contribution is -2.14. The highest BCUT2D eigenvalue weighted by Crippen LogP contribution is 2.23. The van der Waals surface area contributed by atoms with Crippen LogP contribution in [0.25, 0.3) is 0 Å². The molecule has 76 valence electrons. The van der Waals surface area contributed by atoms with Crippen LogP contribution in [-0.4, -0.2) is 18.3 Å². The van der Waals surface area contributed by atoms with Crippen molar-refractivity contribution in [1.29, 1.82) is 0 Å². The van der Waals surface area contributed by atoms with Crippen molar-refractivity contribution in [2.45, 2.75) is 5.03 Å². The first-order chi connectivity index (χ1) is 6.32. The second-order valence-corrected chi connectivity index (χ2v) is 4.52. The number of halogens is 1. The Hall–Kier alpha value is -1.06. The molecule has 0 atom stereocenters. The van der Waals surface area contributed by atoms with Crippen LogP contribution >= 0.6 is 15.9 Å². The van der Waals surface area contributed by atoms with E-state index in [4.69, 9.17) is 5.14 Å². The van der Waals surface area contributed by atoms with Crippen LogP contribution in [0.5, 0.6) is 0 Å². The third-order valence-electron chi connectivity index (χ3n) is 1.29. The molecule has 1 heterocycles. The molecule has 2 N–H and O–H groups in total. The fourth-order valence-corrected chi connectivity index (χ4v) is 1.77. The summed E-state index contributed by atoms with van der Waals surface area (Å²) in [6, 6.07) is 1.98. The van der Waals surface area contributed by atoms with E-state index < -0.39 is 20.0 Å². The van der Waals surface area contributed by atoms with Gasteiger partial charge in [0.05, 0.1) is 4.92 Å². The quantitative estimate of drug-likeness (QED) is 0.478. The largest absolute Gasteiger partial charge is 0.302 e. The number of nitro groups is 1. The van der Waals surface area contributed by atoms with Gasteiger partial charge in [0.2, 0.25) is 0 Å². The van der Waals surface area contributed by atoms with E-state index in [0.717, 1.165) is 12.1 Å². The number of nitrogens with two attached hydrogens (primary N) is 1. The van der Waals surface area contributed by atoms with Gasteiger partial charge >= 0.3 is 5.69 Å². The number of nitrogens with zero attached hydrogens (tertiary/aromatic N) is 2. The van der Waals surface area contributed by atoms with E-state index in [1.165, 1.54) is 0 Å². The highest BCUT2D eigenvalue weighted by atomic mass is 79.9. The Bertz CT molecular complexity index is 486. The van der Waals surface area contributed by atoms with Crippen molar-refractivity contribution in [3.63, 3.8) is 0 Å². The van der Waals surface area contributed by atoms with E-state index in [9.17, 15) is 18.5 Å². The van der Waals surface area contributed by atoms with Gasteiger partial charge in [-0.3, -0.25) is 10.1 Å². The van der Waals surface area contributed by atoms with Crippen molar-refractivity contribution in [1.82, 2.24) is 4.98 Å². The van der Waals surface area contributed by atoms with Crippen molar-refractivity contribution < 1.29 is 13.3 Å². The summed E-state index contributed by atoms with van der Waals surface area (Å²) in [6.07, 6.45) is 0. The van der Waals surface area contributed by atoms with Crippen molar-refractivity contribution in [2.75, 3.05) is 0 Å². The summed E-state index contributed by atoms with van der Waals surface area (Å²) in [5, 5.41) is 14.7. The molecule has 0 unspecified atom stereocenters. The van der Waals surface area contributed by atoms with Gasteiger partial charge in [-0.2, -0.15) is 0 Å². The van der Waals surface area contributed by atoms with Gasteiger partial charge in [-0.15, -0.1) is 0 Å². The van der Waals surface area contributed by atoms with Crippen LogP contribution in [0.3, 0.4) is 0 Å². The molecule has 0 amide bonds. The summed E-state index contributed by atoms with van der Waals surface area (Å²) in [6.45, 7) is 0. The lowest BCUT2D eigenvalue weighted by atomic mass is 10.4. The van der Waals surface area contributed by atoms with E-state index in [2.05, 4.69) is 20.9 Å². The molecule has 0 bridgehead atoms. The number of hydrogen-bond donors (Lipinski definition) is 1. The third kappa shape index (κ3) is 2.25. The van der Waals surface area contributed by atoms with E-state index in [1.54, 1.807) is 0 Å². The molecule has 14 heavy (non-hydrogen) atoms. The van der Waals surface area contributed by atoms with Crippen LogP contribution in [0.1, 0.15) is 0 Å². The SMILES string of the molecule is NS(=O)(=O)c1ccc([N+](=O)[O-])c(Br)n1. The maximum absolute atomic E-state index is 10.8. The first-order valence-corrected chi connectivity index (χ1v) is 5.50.